The first-order valence-corrected chi connectivity index (χ1v) is 7.14. The Morgan fingerprint density at radius 3 is 2.65 bits per heavy atom. The van der Waals surface area contributed by atoms with Crippen molar-refractivity contribution in [3.63, 3.8) is 0 Å². The van der Waals surface area contributed by atoms with E-state index in [1.807, 2.05) is 0 Å². The zero-order chi connectivity index (χ0) is 14.8. The molecule has 0 spiro atoms. The van der Waals surface area contributed by atoms with Crippen molar-refractivity contribution in [2.75, 3.05) is 47.7 Å². The van der Waals surface area contributed by atoms with E-state index < -0.39 is 5.54 Å². The number of carbonyl (C=O) groups excluding carboxylic acids is 1. The van der Waals surface area contributed by atoms with Crippen LogP contribution in [-0.4, -0.2) is 65.3 Å². The summed E-state index contributed by atoms with van der Waals surface area (Å²) in [5, 5.41) is 3.11. The number of hydrogen-bond acceptors (Lipinski definition) is 6. The minimum absolute atomic E-state index is 0.0707. The summed E-state index contributed by atoms with van der Waals surface area (Å²) >= 11 is 0. The van der Waals surface area contributed by atoms with Gasteiger partial charge in [-0.2, -0.15) is 0 Å². The molecule has 118 valence electrons. The van der Waals surface area contributed by atoms with E-state index in [0.717, 1.165) is 19.3 Å². The molecule has 6 nitrogen and oxygen atoms in total. The van der Waals surface area contributed by atoms with E-state index in [1.165, 1.54) is 7.11 Å². The highest BCUT2D eigenvalue weighted by Gasteiger charge is 2.42. The molecule has 0 aliphatic heterocycles. The fraction of sp³-hybridized carbons (Fsp3) is 0.929. The van der Waals surface area contributed by atoms with Crippen molar-refractivity contribution in [3.8, 4) is 0 Å². The summed E-state index contributed by atoms with van der Waals surface area (Å²) in [7, 11) is 4.87. The molecule has 1 fully saturated rings. The third-order valence-corrected chi connectivity index (χ3v) is 3.77. The molecule has 0 radical (unpaired) electrons. The van der Waals surface area contributed by atoms with Gasteiger partial charge < -0.3 is 24.3 Å². The Bertz CT molecular complexity index is 287. The number of methoxy groups -OCH3 is 2. The van der Waals surface area contributed by atoms with Crippen LogP contribution in [0, 0.1) is 0 Å². The number of hydrogen-bond donors (Lipinski definition) is 1. The van der Waals surface area contributed by atoms with E-state index >= 15 is 0 Å². The maximum Gasteiger partial charge on any atom is 0.326 e. The average Bonchev–Trinajstić information content (AvgIpc) is 2.50. The largest absolute Gasteiger partial charge is 0.468 e. The Morgan fingerprint density at radius 2 is 2.00 bits per heavy atom. The Balaban J connectivity index is 2.31. The van der Waals surface area contributed by atoms with Gasteiger partial charge in [0.05, 0.1) is 39.6 Å². The lowest BCUT2D eigenvalue weighted by Crippen LogP contribution is -2.55. The smallest absolute Gasteiger partial charge is 0.326 e. The van der Waals surface area contributed by atoms with Gasteiger partial charge in [0.15, 0.2) is 0 Å². The predicted molar refractivity (Wildman–Crippen MR) is 74.7 cm³/mol. The number of nitrogens with one attached hydrogen (secondary N) is 1. The summed E-state index contributed by atoms with van der Waals surface area (Å²) in [6.07, 6.45) is 3.43. The third-order valence-electron chi connectivity index (χ3n) is 3.77. The molecule has 0 saturated heterocycles. The first kappa shape index (κ1) is 17.4. The Morgan fingerprint density at radius 1 is 1.25 bits per heavy atom. The molecule has 2 atom stereocenters. The number of rotatable bonds is 9. The highest BCUT2D eigenvalue weighted by atomic mass is 16.5. The topological polar surface area (TPSA) is 66.0 Å². The number of likely N-dealkylation sites (N-methyl/N-ethyl adjacent to an activating group) is 1. The van der Waals surface area contributed by atoms with Crippen LogP contribution in [0.1, 0.15) is 25.7 Å². The van der Waals surface area contributed by atoms with Crippen LogP contribution in [0.5, 0.6) is 0 Å². The van der Waals surface area contributed by atoms with Gasteiger partial charge >= 0.3 is 5.97 Å². The van der Waals surface area contributed by atoms with Gasteiger partial charge in [0.25, 0.3) is 0 Å². The van der Waals surface area contributed by atoms with Crippen LogP contribution in [0.3, 0.4) is 0 Å². The van der Waals surface area contributed by atoms with Crippen LogP contribution in [0.2, 0.25) is 0 Å². The first-order valence-electron chi connectivity index (χ1n) is 7.14. The number of esters is 1. The van der Waals surface area contributed by atoms with Crippen LogP contribution in [0.15, 0.2) is 0 Å². The summed E-state index contributed by atoms with van der Waals surface area (Å²) in [5.41, 5.74) is -0.603. The third kappa shape index (κ3) is 5.01. The lowest BCUT2D eigenvalue weighted by molar-refractivity contribution is -0.152. The molecular weight excluding hydrogens is 262 g/mol. The summed E-state index contributed by atoms with van der Waals surface area (Å²) in [4.78, 5) is 11.9. The van der Waals surface area contributed by atoms with Crippen molar-refractivity contribution >= 4 is 5.97 Å². The molecule has 1 aliphatic carbocycles. The lowest BCUT2D eigenvalue weighted by Gasteiger charge is -2.38. The van der Waals surface area contributed by atoms with Gasteiger partial charge in [-0.25, -0.2) is 0 Å². The second-order valence-corrected chi connectivity index (χ2v) is 5.02. The molecule has 1 N–H and O–H groups in total. The van der Waals surface area contributed by atoms with E-state index in [0.29, 0.717) is 32.8 Å². The fourth-order valence-corrected chi connectivity index (χ4v) is 2.59. The highest BCUT2D eigenvalue weighted by Crippen LogP contribution is 2.31. The van der Waals surface area contributed by atoms with Crippen molar-refractivity contribution in [3.05, 3.63) is 0 Å². The molecule has 20 heavy (non-hydrogen) atoms. The van der Waals surface area contributed by atoms with Crippen LogP contribution in [0.25, 0.3) is 0 Å². The van der Waals surface area contributed by atoms with Gasteiger partial charge in [0.2, 0.25) is 0 Å². The van der Waals surface area contributed by atoms with Crippen LogP contribution < -0.4 is 5.32 Å². The summed E-state index contributed by atoms with van der Waals surface area (Å²) < 4.78 is 21.0. The molecule has 0 aromatic carbocycles. The second kappa shape index (κ2) is 9.28. The van der Waals surface area contributed by atoms with E-state index in [9.17, 15) is 4.79 Å². The molecule has 1 aliphatic rings. The van der Waals surface area contributed by atoms with Crippen molar-refractivity contribution < 1.29 is 23.7 Å². The summed E-state index contributed by atoms with van der Waals surface area (Å²) in [6, 6.07) is 0. The van der Waals surface area contributed by atoms with Crippen LogP contribution in [0.4, 0.5) is 0 Å². The van der Waals surface area contributed by atoms with Crippen molar-refractivity contribution in [1.29, 1.82) is 0 Å². The predicted octanol–water partition coefficient (Wildman–Crippen LogP) is 0.740. The molecule has 0 aromatic rings. The van der Waals surface area contributed by atoms with Crippen molar-refractivity contribution in [2.45, 2.75) is 37.3 Å². The number of carbonyl (C=O) groups is 1. The fourth-order valence-electron chi connectivity index (χ4n) is 2.59. The van der Waals surface area contributed by atoms with Crippen molar-refractivity contribution in [1.82, 2.24) is 5.32 Å². The van der Waals surface area contributed by atoms with E-state index in [1.54, 1.807) is 14.2 Å². The normalized spacial score (nSPS) is 26.4. The minimum Gasteiger partial charge on any atom is -0.468 e. The van der Waals surface area contributed by atoms with Gasteiger partial charge in [0.1, 0.15) is 5.54 Å². The SMILES string of the molecule is CNC1(C(=O)OC)CCCC(OCCOCCOC)C1. The standard InChI is InChI=1S/C14H27NO5/c1-15-14(13(16)18-3)6-4-5-12(11-14)20-10-9-19-8-7-17-2/h12,15H,4-11H2,1-3H3. The summed E-state index contributed by atoms with van der Waals surface area (Å²) in [5.74, 6) is -0.204. The van der Waals surface area contributed by atoms with E-state index in [2.05, 4.69) is 5.32 Å². The van der Waals surface area contributed by atoms with Gasteiger partial charge in [-0.3, -0.25) is 4.79 Å². The van der Waals surface area contributed by atoms with Crippen molar-refractivity contribution in [2.24, 2.45) is 0 Å². The second-order valence-electron chi connectivity index (χ2n) is 5.02. The molecule has 6 heteroatoms. The molecule has 0 amide bonds. The quantitative estimate of drug-likeness (QED) is 0.499. The highest BCUT2D eigenvalue weighted by molar-refractivity contribution is 5.80. The minimum atomic E-state index is -0.603. The Hall–Kier alpha value is -0.690. The molecular formula is C14H27NO5. The monoisotopic (exact) mass is 289 g/mol. The van der Waals surface area contributed by atoms with Gasteiger partial charge in [0, 0.05) is 13.5 Å². The van der Waals surface area contributed by atoms with E-state index in [-0.39, 0.29) is 12.1 Å². The maximum absolute atomic E-state index is 11.9. The molecule has 1 saturated carbocycles. The van der Waals surface area contributed by atoms with Gasteiger partial charge in [-0.15, -0.1) is 0 Å². The van der Waals surface area contributed by atoms with Gasteiger partial charge in [-0.1, -0.05) is 0 Å². The van der Waals surface area contributed by atoms with Crippen LogP contribution >= 0.6 is 0 Å². The van der Waals surface area contributed by atoms with Gasteiger partial charge in [-0.05, 0) is 26.3 Å². The zero-order valence-electron chi connectivity index (χ0n) is 12.8. The molecule has 0 aromatic heterocycles. The van der Waals surface area contributed by atoms with Crippen LogP contribution in [-0.2, 0) is 23.7 Å². The molecule has 1 rings (SSSR count). The molecule has 0 heterocycles. The Kier molecular flexibility index (Phi) is 8.06. The van der Waals surface area contributed by atoms with E-state index in [4.69, 9.17) is 18.9 Å². The average molecular weight is 289 g/mol. The summed E-state index contributed by atoms with van der Waals surface area (Å²) in [6.45, 7) is 2.25. The maximum atomic E-state index is 11.9. The first-order chi connectivity index (χ1) is 9.68. The lowest BCUT2D eigenvalue weighted by atomic mass is 9.80. The molecule has 2 unspecified atom stereocenters. The zero-order valence-corrected chi connectivity index (χ0v) is 12.8. The Labute approximate surface area is 121 Å². The molecule has 0 bridgehead atoms. The number of ether oxygens (including phenoxy) is 4.